The van der Waals surface area contributed by atoms with Crippen molar-refractivity contribution in [3.63, 3.8) is 0 Å². The minimum Gasteiger partial charge on any atom is -0.355 e. The Morgan fingerprint density at radius 1 is 1.39 bits per heavy atom. The van der Waals surface area contributed by atoms with Gasteiger partial charge in [0.2, 0.25) is 0 Å². The highest BCUT2D eigenvalue weighted by Crippen LogP contribution is 2.28. The van der Waals surface area contributed by atoms with E-state index in [1.54, 1.807) is 6.33 Å². The van der Waals surface area contributed by atoms with Gasteiger partial charge in [-0.1, -0.05) is 13.8 Å². The maximum absolute atomic E-state index is 8.78. The van der Waals surface area contributed by atoms with E-state index in [0.717, 1.165) is 31.7 Å². The molecule has 0 radical (unpaired) electrons. The molecule has 1 aromatic rings. The predicted octanol–water partition coefficient (Wildman–Crippen LogP) is 2.34. The highest BCUT2D eigenvalue weighted by molar-refractivity contribution is 5.50. The van der Waals surface area contributed by atoms with E-state index in [9.17, 15) is 0 Å². The Hall–Kier alpha value is -1.63. The zero-order chi connectivity index (χ0) is 13.0. The van der Waals surface area contributed by atoms with Crippen molar-refractivity contribution in [3.8, 4) is 6.07 Å². The Labute approximate surface area is 109 Å². The predicted molar refractivity (Wildman–Crippen MR) is 71.3 cm³/mol. The van der Waals surface area contributed by atoms with Crippen molar-refractivity contribution < 1.29 is 0 Å². The molecule has 18 heavy (non-hydrogen) atoms. The largest absolute Gasteiger partial charge is 0.355 e. The third-order valence-electron chi connectivity index (χ3n) is 3.23. The lowest BCUT2D eigenvalue weighted by Gasteiger charge is -2.26. The molecule has 0 aliphatic heterocycles. The third kappa shape index (κ3) is 2.79. The van der Waals surface area contributed by atoms with Gasteiger partial charge < -0.3 is 4.90 Å². The summed E-state index contributed by atoms with van der Waals surface area (Å²) in [4.78, 5) is 11.1. The highest BCUT2D eigenvalue weighted by atomic mass is 15.2. The number of anilines is 1. The van der Waals surface area contributed by atoms with Gasteiger partial charge in [-0.2, -0.15) is 5.26 Å². The zero-order valence-electron chi connectivity index (χ0n) is 11.2. The first-order chi connectivity index (χ1) is 8.72. The highest BCUT2D eigenvalue weighted by Gasteiger charge is 2.21. The molecule has 96 valence electrons. The normalized spacial score (nSPS) is 13.4. The molecular weight excluding hydrogens is 224 g/mol. The number of fused-ring (bicyclic) bond motifs is 1. The average molecular weight is 244 g/mol. The summed E-state index contributed by atoms with van der Waals surface area (Å²) in [5, 5.41) is 8.78. The summed E-state index contributed by atoms with van der Waals surface area (Å²) in [6, 6.07) is 2.22. The van der Waals surface area contributed by atoms with E-state index in [0.29, 0.717) is 12.3 Å². The van der Waals surface area contributed by atoms with Crippen LogP contribution in [0.25, 0.3) is 0 Å². The first kappa shape index (κ1) is 12.8. The van der Waals surface area contributed by atoms with Gasteiger partial charge in [0.25, 0.3) is 0 Å². The SMILES string of the molecule is CC(C)CN(CCC#N)c1ncnc2c1CCC2. The molecular formula is C14H20N4. The van der Waals surface area contributed by atoms with Crippen LogP contribution in [-0.4, -0.2) is 23.1 Å². The van der Waals surface area contributed by atoms with E-state index < -0.39 is 0 Å². The fraction of sp³-hybridized carbons (Fsp3) is 0.643. The summed E-state index contributed by atoms with van der Waals surface area (Å²) >= 11 is 0. The Morgan fingerprint density at radius 2 is 2.22 bits per heavy atom. The maximum Gasteiger partial charge on any atom is 0.135 e. The van der Waals surface area contributed by atoms with Gasteiger partial charge in [-0.3, -0.25) is 0 Å². The molecule has 0 fully saturated rings. The molecule has 0 N–H and O–H groups in total. The number of aryl methyl sites for hydroxylation is 1. The molecule has 0 saturated heterocycles. The van der Waals surface area contributed by atoms with E-state index in [2.05, 4.69) is 34.8 Å². The monoisotopic (exact) mass is 244 g/mol. The molecule has 0 aromatic carbocycles. The van der Waals surface area contributed by atoms with Gasteiger partial charge >= 0.3 is 0 Å². The first-order valence-corrected chi connectivity index (χ1v) is 6.67. The van der Waals surface area contributed by atoms with Gasteiger partial charge in [0, 0.05) is 24.3 Å². The Bertz CT molecular complexity index is 448. The molecule has 4 nitrogen and oxygen atoms in total. The Balaban J connectivity index is 2.24. The molecule has 0 unspecified atom stereocenters. The lowest BCUT2D eigenvalue weighted by atomic mass is 10.1. The molecule has 0 saturated carbocycles. The van der Waals surface area contributed by atoms with Crippen molar-refractivity contribution in [1.29, 1.82) is 5.26 Å². The molecule has 0 bridgehead atoms. The smallest absolute Gasteiger partial charge is 0.135 e. The maximum atomic E-state index is 8.78. The summed E-state index contributed by atoms with van der Waals surface area (Å²) in [6.07, 6.45) is 5.53. The van der Waals surface area contributed by atoms with Crippen LogP contribution in [0.4, 0.5) is 5.82 Å². The Kier molecular flexibility index (Phi) is 4.14. The van der Waals surface area contributed by atoms with E-state index in [1.165, 1.54) is 17.7 Å². The van der Waals surface area contributed by atoms with Crippen LogP contribution in [0, 0.1) is 17.2 Å². The lowest BCUT2D eigenvalue weighted by Crippen LogP contribution is -2.30. The van der Waals surface area contributed by atoms with Crippen LogP contribution in [0.5, 0.6) is 0 Å². The molecule has 4 heteroatoms. The van der Waals surface area contributed by atoms with E-state index >= 15 is 0 Å². The fourth-order valence-corrected chi connectivity index (χ4v) is 2.52. The summed E-state index contributed by atoms with van der Waals surface area (Å²) in [5.74, 6) is 1.62. The minimum absolute atomic E-state index is 0.547. The molecule has 1 heterocycles. The number of rotatable bonds is 5. The second-order valence-electron chi connectivity index (χ2n) is 5.22. The van der Waals surface area contributed by atoms with Gasteiger partial charge in [-0.25, -0.2) is 9.97 Å². The van der Waals surface area contributed by atoms with Crippen LogP contribution < -0.4 is 4.90 Å². The van der Waals surface area contributed by atoms with Crippen molar-refractivity contribution in [2.24, 2.45) is 5.92 Å². The standard InChI is InChI=1S/C14H20N4/c1-11(2)9-18(8-4-7-15)14-12-5-3-6-13(12)16-10-17-14/h10-11H,3-6,8-9H2,1-2H3. The van der Waals surface area contributed by atoms with Gasteiger partial charge in [0.15, 0.2) is 0 Å². The van der Waals surface area contributed by atoms with Gasteiger partial charge in [-0.05, 0) is 25.2 Å². The summed E-state index contributed by atoms with van der Waals surface area (Å²) in [5.41, 5.74) is 2.50. The van der Waals surface area contributed by atoms with Crippen molar-refractivity contribution in [3.05, 3.63) is 17.6 Å². The minimum atomic E-state index is 0.547. The molecule has 2 rings (SSSR count). The van der Waals surface area contributed by atoms with Crippen molar-refractivity contribution in [2.75, 3.05) is 18.0 Å². The number of hydrogen-bond donors (Lipinski definition) is 0. The van der Waals surface area contributed by atoms with E-state index in [4.69, 9.17) is 5.26 Å². The molecule has 1 aromatic heterocycles. The lowest BCUT2D eigenvalue weighted by molar-refractivity contribution is 0.605. The number of aromatic nitrogens is 2. The number of nitrogens with zero attached hydrogens (tertiary/aromatic N) is 4. The van der Waals surface area contributed by atoms with Crippen LogP contribution in [0.3, 0.4) is 0 Å². The van der Waals surface area contributed by atoms with E-state index in [1.807, 2.05) is 0 Å². The summed E-state index contributed by atoms with van der Waals surface area (Å²) < 4.78 is 0. The van der Waals surface area contributed by atoms with Gasteiger partial charge in [0.05, 0.1) is 12.5 Å². The van der Waals surface area contributed by atoms with E-state index in [-0.39, 0.29) is 0 Å². The first-order valence-electron chi connectivity index (χ1n) is 6.67. The van der Waals surface area contributed by atoms with Crippen molar-refractivity contribution >= 4 is 5.82 Å². The van der Waals surface area contributed by atoms with Gasteiger partial charge in [-0.15, -0.1) is 0 Å². The summed E-state index contributed by atoms with van der Waals surface area (Å²) in [7, 11) is 0. The quantitative estimate of drug-likeness (QED) is 0.797. The molecule has 0 atom stereocenters. The molecule has 1 aliphatic rings. The topological polar surface area (TPSA) is 52.8 Å². The van der Waals surface area contributed by atoms with Gasteiger partial charge in [0.1, 0.15) is 12.1 Å². The van der Waals surface area contributed by atoms with Crippen LogP contribution in [0.15, 0.2) is 6.33 Å². The number of nitriles is 1. The van der Waals surface area contributed by atoms with Crippen molar-refractivity contribution in [2.45, 2.75) is 39.5 Å². The van der Waals surface area contributed by atoms with Crippen molar-refractivity contribution in [1.82, 2.24) is 9.97 Å². The molecule has 0 amide bonds. The summed E-state index contributed by atoms with van der Waals surface area (Å²) in [6.45, 7) is 6.10. The number of hydrogen-bond acceptors (Lipinski definition) is 4. The van der Waals surface area contributed by atoms with Crippen LogP contribution >= 0.6 is 0 Å². The molecule has 0 spiro atoms. The second kappa shape index (κ2) is 5.81. The second-order valence-corrected chi connectivity index (χ2v) is 5.22. The van der Waals surface area contributed by atoms with Crippen LogP contribution in [0.1, 0.15) is 37.9 Å². The Morgan fingerprint density at radius 3 is 2.94 bits per heavy atom. The van der Waals surface area contributed by atoms with Crippen LogP contribution in [0.2, 0.25) is 0 Å². The third-order valence-corrected chi connectivity index (χ3v) is 3.23. The molecule has 1 aliphatic carbocycles. The zero-order valence-corrected chi connectivity index (χ0v) is 11.2. The fourth-order valence-electron chi connectivity index (χ4n) is 2.52. The average Bonchev–Trinajstić information content (AvgIpc) is 2.82. The van der Waals surface area contributed by atoms with Crippen LogP contribution in [-0.2, 0) is 12.8 Å².